The van der Waals surface area contributed by atoms with Crippen molar-refractivity contribution in [2.24, 2.45) is 0 Å². The third-order valence-corrected chi connectivity index (χ3v) is 3.48. The van der Waals surface area contributed by atoms with E-state index in [4.69, 9.17) is 5.11 Å². The molecule has 6 heteroatoms. The first-order valence-corrected chi connectivity index (χ1v) is 7.85. The van der Waals surface area contributed by atoms with E-state index in [1.807, 2.05) is 0 Å². The Bertz CT molecular complexity index is 237. The quantitative estimate of drug-likeness (QED) is 0.569. The Morgan fingerprint density at radius 1 is 0.900 bits per heavy atom. The minimum atomic E-state index is -0.695. The average molecular weight is 286 g/mol. The summed E-state index contributed by atoms with van der Waals surface area (Å²) in [5.41, 5.74) is 0. The highest BCUT2D eigenvalue weighted by Crippen LogP contribution is 1.97. The van der Waals surface area contributed by atoms with E-state index >= 15 is 0 Å². The number of hydrogen-bond acceptors (Lipinski definition) is 5. The summed E-state index contributed by atoms with van der Waals surface area (Å²) in [5.74, 6) is -0.695. The summed E-state index contributed by atoms with van der Waals surface area (Å²) < 4.78 is 0. The number of nitrogens with zero attached hydrogens (tertiary/aromatic N) is 1. The van der Waals surface area contributed by atoms with E-state index in [9.17, 15) is 4.79 Å². The smallest absolute Gasteiger partial charge is 0.303 e. The van der Waals surface area contributed by atoms with Crippen LogP contribution in [-0.4, -0.2) is 74.9 Å². The molecular formula is C14H30N4O2. The van der Waals surface area contributed by atoms with Crippen molar-refractivity contribution in [1.29, 1.82) is 0 Å². The summed E-state index contributed by atoms with van der Waals surface area (Å²) in [6, 6.07) is 0. The molecule has 0 amide bonds. The lowest BCUT2D eigenvalue weighted by Crippen LogP contribution is -2.37. The lowest BCUT2D eigenvalue weighted by atomic mass is 10.2. The summed E-state index contributed by atoms with van der Waals surface area (Å²) in [6.07, 6.45) is 3.28. The molecule has 1 rings (SSSR count). The molecule has 118 valence electrons. The molecule has 20 heavy (non-hydrogen) atoms. The van der Waals surface area contributed by atoms with Crippen LogP contribution in [0.4, 0.5) is 0 Å². The van der Waals surface area contributed by atoms with Crippen molar-refractivity contribution in [3.8, 4) is 0 Å². The van der Waals surface area contributed by atoms with Crippen molar-refractivity contribution in [2.45, 2.75) is 25.7 Å². The molecule has 0 aromatic carbocycles. The molecule has 0 unspecified atom stereocenters. The summed E-state index contributed by atoms with van der Waals surface area (Å²) in [6.45, 7) is 9.12. The number of carboxylic acid groups (broad SMARTS) is 1. The van der Waals surface area contributed by atoms with Crippen LogP contribution in [0.15, 0.2) is 0 Å². The van der Waals surface area contributed by atoms with Crippen LogP contribution in [0.3, 0.4) is 0 Å². The van der Waals surface area contributed by atoms with Crippen molar-refractivity contribution in [2.75, 3.05) is 58.9 Å². The summed E-state index contributed by atoms with van der Waals surface area (Å²) in [7, 11) is 0. The standard InChI is InChI=1S/C14H30N4O2/c19-14(20)4-1-11-18-12-3-7-16-9-8-15-5-2-6-17-10-13-18/h15-17H,1-13H2,(H,19,20). The van der Waals surface area contributed by atoms with Gasteiger partial charge in [0.2, 0.25) is 0 Å². The number of carboxylic acids is 1. The van der Waals surface area contributed by atoms with Gasteiger partial charge in [-0.2, -0.15) is 0 Å². The maximum absolute atomic E-state index is 10.6. The van der Waals surface area contributed by atoms with Crippen LogP contribution in [0.25, 0.3) is 0 Å². The molecule has 0 bridgehead atoms. The Kier molecular flexibility index (Phi) is 10.5. The van der Waals surface area contributed by atoms with Gasteiger partial charge in [0.1, 0.15) is 0 Å². The molecule has 0 aromatic rings. The lowest BCUT2D eigenvalue weighted by Gasteiger charge is -2.22. The van der Waals surface area contributed by atoms with Gasteiger partial charge in [-0.3, -0.25) is 4.79 Å². The average Bonchev–Trinajstić information content (AvgIpc) is 2.42. The van der Waals surface area contributed by atoms with Crippen LogP contribution in [0.2, 0.25) is 0 Å². The fraction of sp³-hybridized carbons (Fsp3) is 0.929. The van der Waals surface area contributed by atoms with Crippen molar-refractivity contribution >= 4 is 5.97 Å². The summed E-state index contributed by atoms with van der Waals surface area (Å²) in [4.78, 5) is 12.9. The number of hydrogen-bond donors (Lipinski definition) is 4. The number of aliphatic carboxylic acids is 1. The van der Waals surface area contributed by atoms with Crippen LogP contribution >= 0.6 is 0 Å². The Balaban J connectivity index is 2.23. The second-order valence-corrected chi connectivity index (χ2v) is 5.30. The molecule has 0 aromatic heterocycles. The second-order valence-electron chi connectivity index (χ2n) is 5.30. The summed E-state index contributed by atoms with van der Waals surface area (Å²) in [5, 5.41) is 19.0. The highest BCUT2D eigenvalue weighted by molar-refractivity contribution is 5.66. The summed E-state index contributed by atoms with van der Waals surface area (Å²) >= 11 is 0. The third kappa shape index (κ3) is 10.1. The largest absolute Gasteiger partial charge is 0.481 e. The van der Waals surface area contributed by atoms with E-state index < -0.39 is 5.97 Å². The maximum Gasteiger partial charge on any atom is 0.303 e. The number of rotatable bonds is 4. The van der Waals surface area contributed by atoms with E-state index in [1.54, 1.807) is 0 Å². The maximum atomic E-state index is 10.6. The van der Waals surface area contributed by atoms with Gasteiger partial charge in [0.25, 0.3) is 0 Å². The topological polar surface area (TPSA) is 76.6 Å². The van der Waals surface area contributed by atoms with Gasteiger partial charge in [-0.25, -0.2) is 0 Å². The first kappa shape index (κ1) is 17.4. The lowest BCUT2D eigenvalue weighted by molar-refractivity contribution is -0.137. The van der Waals surface area contributed by atoms with Gasteiger partial charge in [0, 0.05) is 32.6 Å². The molecule has 1 saturated heterocycles. The molecule has 1 aliphatic heterocycles. The van der Waals surface area contributed by atoms with E-state index in [2.05, 4.69) is 20.9 Å². The Morgan fingerprint density at radius 2 is 1.55 bits per heavy atom. The van der Waals surface area contributed by atoms with E-state index in [1.165, 1.54) is 0 Å². The SMILES string of the molecule is O=C(O)CCCN1CCCNCCNCCCNCC1. The molecule has 0 spiro atoms. The zero-order chi connectivity index (χ0) is 14.5. The fourth-order valence-corrected chi connectivity index (χ4v) is 2.34. The Hall–Kier alpha value is -0.690. The van der Waals surface area contributed by atoms with E-state index in [0.717, 1.165) is 78.2 Å². The van der Waals surface area contributed by atoms with Gasteiger partial charge < -0.3 is 26.0 Å². The third-order valence-electron chi connectivity index (χ3n) is 3.48. The van der Waals surface area contributed by atoms with Gasteiger partial charge in [-0.15, -0.1) is 0 Å². The van der Waals surface area contributed by atoms with Crippen molar-refractivity contribution in [3.05, 3.63) is 0 Å². The number of carbonyl (C=O) groups is 1. The van der Waals surface area contributed by atoms with Crippen LogP contribution in [0, 0.1) is 0 Å². The van der Waals surface area contributed by atoms with Crippen LogP contribution < -0.4 is 16.0 Å². The fourth-order valence-electron chi connectivity index (χ4n) is 2.34. The predicted octanol–water partition coefficient (Wildman–Crippen LogP) is -0.284. The van der Waals surface area contributed by atoms with Crippen molar-refractivity contribution in [1.82, 2.24) is 20.9 Å². The minimum absolute atomic E-state index is 0.272. The van der Waals surface area contributed by atoms with Gasteiger partial charge in [0.05, 0.1) is 0 Å². The van der Waals surface area contributed by atoms with Crippen LogP contribution in [0.5, 0.6) is 0 Å². The predicted molar refractivity (Wildman–Crippen MR) is 81.2 cm³/mol. The number of nitrogens with one attached hydrogen (secondary N) is 3. The van der Waals surface area contributed by atoms with Crippen LogP contribution in [0.1, 0.15) is 25.7 Å². The minimum Gasteiger partial charge on any atom is -0.481 e. The molecule has 0 radical (unpaired) electrons. The molecule has 1 fully saturated rings. The van der Waals surface area contributed by atoms with Crippen LogP contribution in [-0.2, 0) is 4.79 Å². The molecule has 1 heterocycles. The van der Waals surface area contributed by atoms with Gasteiger partial charge >= 0.3 is 5.97 Å². The van der Waals surface area contributed by atoms with E-state index in [0.29, 0.717) is 0 Å². The normalized spacial score (nSPS) is 21.2. The molecule has 0 aliphatic carbocycles. The van der Waals surface area contributed by atoms with E-state index in [-0.39, 0.29) is 6.42 Å². The van der Waals surface area contributed by atoms with Crippen molar-refractivity contribution in [3.63, 3.8) is 0 Å². The molecule has 6 nitrogen and oxygen atoms in total. The monoisotopic (exact) mass is 286 g/mol. The Labute approximate surface area is 122 Å². The van der Waals surface area contributed by atoms with Gasteiger partial charge in [-0.1, -0.05) is 0 Å². The zero-order valence-corrected chi connectivity index (χ0v) is 12.5. The highest BCUT2D eigenvalue weighted by Gasteiger charge is 2.06. The first-order valence-electron chi connectivity index (χ1n) is 7.85. The molecule has 0 atom stereocenters. The molecule has 4 N–H and O–H groups in total. The highest BCUT2D eigenvalue weighted by atomic mass is 16.4. The zero-order valence-electron chi connectivity index (χ0n) is 12.5. The second kappa shape index (κ2) is 12.1. The Morgan fingerprint density at radius 3 is 2.25 bits per heavy atom. The van der Waals surface area contributed by atoms with Gasteiger partial charge in [-0.05, 0) is 52.0 Å². The first-order chi connectivity index (χ1) is 9.79. The van der Waals surface area contributed by atoms with Crippen molar-refractivity contribution < 1.29 is 9.90 Å². The molecular weight excluding hydrogens is 256 g/mol. The molecule has 1 aliphatic rings. The van der Waals surface area contributed by atoms with Gasteiger partial charge in [0.15, 0.2) is 0 Å². The molecule has 0 saturated carbocycles.